The zero-order valence-electron chi connectivity index (χ0n) is 10.6. The van der Waals surface area contributed by atoms with Gasteiger partial charge in [0, 0.05) is 19.3 Å². The predicted molar refractivity (Wildman–Crippen MR) is 79.8 cm³/mol. The molecule has 7 heteroatoms. The quantitative estimate of drug-likeness (QED) is 0.429. The van der Waals surface area contributed by atoms with Gasteiger partial charge < -0.3 is 10.6 Å². The number of hydrogen-bond acceptors (Lipinski definition) is 4. The molecule has 0 aliphatic carbocycles. The topological polar surface area (TPSA) is 101 Å². The zero-order valence-corrected chi connectivity index (χ0v) is 11.4. The summed E-state index contributed by atoms with van der Waals surface area (Å²) < 4.78 is 0. The van der Waals surface area contributed by atoms with Gasteiger partial charge in [-0.05, 0) is 17.7 Å². The smallest absolute Gasteiger partial charge is 0.206 e. The molecular formula is C12H17ClN6. The van der Waals surface area contributed by atoms with Crippen LogP contribution in [-0.4, -0.2) is 25.8 Å². The minimum absolute atomic E-state index is 0. The molecule has 0 unspecified atom stereocenters. The Morgan fingerprint density at radius 3 is 2.68 bits per heavy atom. The summed E-state index contributed by atoms with van der Waals surface area (Å²) in [6, 6.07) is 9.83. The number of nitrogens with two attached hydrogens (primary N) is 1. The summed E-state index contributed by atoms with van der Waals surface area (Å²) in [5.74, 6) is -0.195. The summed E-state index contributed by atoms with van der Waals surface area (Å²) in [6.07, 6.45) is 2.09. The third kappa shape index (κ3) is 6.29. The second kappa shape index (κ2) is 8.78. The van der Waals surface area contributed by atoms with Gasteiger partial charge in [-0.2, -0.15) is 10.4 Å². The lowest BCUT2D eigenvalue weighted by molar-refractivity contribution is 0.905. The monoisotopic (exact) mass is 280 g/mol. The van der Waals surface area contributed by atoms with Gasteiger partial charge in [-0.3, -0.25) is 5.41 Å². The molecule has 6 nitrogen and oxygen atoms in total. The number of guanidine groups is 1. The van der Waals surface area contributed by atoms with Crippen LogP contribution >= 0.6 is 12.4 Å². The van der Waals surface area contributed by atoms with Crippen LogP contribution in [0.3, 0.4) is 0 Å². The fourth-order valence-corrected chi connectivity index (χ4v) is 1.34. The minimum atomic E-state index is -0.195. The number of hydrogen-bond donors (Lipinski definition) is 3. The standard InChI is InChI=1S/C12H16N6.ClH/c1-18(8-2-7-13)11-5-3-10(4-6-11)9-16-17-12(14)15;/h3-6,9H,2,8H2,1H3,(H4,14,15,17);1H/b16-9+;. The van der Waals surface area contributed by atoms with Gasteiger partial charge in [0.1, 0.15) is 0 Å². The average Bonchev–Trinajstić information content (AvgIpc) is 2.36. The summed E-state index contributed by atoms with van der Waals surface area (Å²) >= 11 is 0. The van der Waals surface area contributed by atoms with Crippen LogP contribution in [0.4, 0.5) is 5.69 Å². The Bertz CT molecular complexity index is 462. The van der Waals surface area contributed by atoms with Crippen molar-refractivity contribution in [2.75, 3.05) is 18.5 Å². The van der Waals surface area contributed by atoms with Crippen LogP contribution in [0, 0.1) is 16.7 Å². The molecule has 0 radical (unpaired) electrons. The number of anilines is 1. The van der Waals surface area contributed by atoms with Crippen LogP contribution < -0.4 is 16.1 Å². The van der Waals surface area contributed by atoms with E-state index < -0.39 is 0 Å². The first-order chi connectivity index (χ1) is 8.63. The van der Waals surface area contributed by atoms with Crippen LogP contribution in [0.15, 0.2) is 29.4 Å². The molecular weight excluding hydrogens is 264 g/mol. The van der Waals surface area contributed by atoms with E-state index in [-0.39, 0.29) is 18.4 Å². The van der Waals surface area contributed by atoms with Crippen molar-refractivity contribution in [2.24, 2.45) is 10.8 Å². The van der Waals surface area contributed by atoms with Crippen molar-refractivity contribution >= 4 is 30.3 Å². The van der Waals surface area contributed by atoms with Gasteiger partial charge in [-0.1, -0.05) is 12.1 Å². The molecule has 0 fully saturated rings. The highest BCUT2D eigenvalue weighted by Gasteiger charge is 1.99. The fraction of sp³-hybridized carbons (Fsp3) is 0.250. The molecule has 1 aromatic rings. The van der Waals surface area contributed by atoms with Crippen molar-refractivity contribution < 1.29 is 0 Å². The third-order valence-corrected chi connectivity index (χ3v) is 2.29. The molecule has 0 amide bonds. The largest absolute Gasteiger partial charge is 0.374 e. The maximum absolute atomic E-state index is 8.52. The van der Waals surface area contributed by atoms with Crippen LogP contribution in [0.2, 0.25) is 0 Å². The molecule has 0 aliphatic rings. The lowest BCUT2D eigenvalue weighted by Gasteiger charge is -2.17. The molecule has 0 saturated heterocycles. The maximum atomic E-state index is 8.52. The third-order valence-electron chi connectivity index (χ3n) is 2.29. The van der Waals surface area contributed by atoms with E-state index in [1.54, 1.807) is 6.21 Å². The zero-order chi connectivity index (χ0) is 13.4. The van der Waals surface area contributed by atoms with Gasteiger partial charge in [-0.25, -0.2) is 5.43 Å². The number of benzene rings is 1. The minimum Gasteiger partial charge on any atom is -0.374 e. The highest BCUT2D eigenvalue weighted by atomic mass is 35.5. The summed E-state index contributed by atoms with van der Waals surface area (Å²) in [7, 11) is 1.94. The van der Waals surface area contributed by atoms with Crippen molar-refractivity contribution in [1.29, 1.82) is 10.7 Å². The molecule has 4 N–H and O–H groups in total. The van der Waals surface area contributed by atoms with Crippen molar-refractivity contribution in [2.45, 2.75) is 6.42 Å². The van der Waals surface area contributed by atoms with Crippen LogP contribution in [0.25, 0.3) is 0 Å². The number of nitrogens with one attached hydrogen (secondary N) is 2. The molecule has 19 heavy (non-hydrogen) atoms. The first kappa shape index (κ1) is 16.7. The molecule has 0 heterocycles. The molecule has 1 aromatic carbocycles. The molecule has 0 saturated carbocycles. The lowest BCUT2D eigenvalue weighted by Crippen LogP contribution is -2.25. The SMILES string of the molecule is CN(CCC#N)c1ccc(/C=N/NC(=N)N)cc1.Cl. The number of nitriles is 1. The van der Waals surface area contributed by atoms with E-state index >= 15 is 0 Å². The molecule has 102 valence electrons. The Labute approximate surface area is 118 Å². The first-order valence-corrected chi connectivity index (χ1v) is 5.44. The number of nitrogens with zero attached hydrogens (tertiary/aromatic N) is 3. The summed E-state index contributed by atoms with van der Waals surface area (Å²) in [5.41, 5.74) is 9.38. The van der Waals surface area contributed by atoms with Gasteiger partial charge in [0.05, 0.1) is 18.7 Å². The molecule has 0 bridgehead atoms. The Morgan fingerprint density at radius 1 is 1.53 bits per heavy atom. The second-order valence-electron chi connectivity index (χ2n) is 3.70. The van der Waals surface area contributed by atoms with E-state index in [1.165, 1.54) is 0 Å². The van der Waals surface area contributed by atoms with Gasteiger partial charge in [0.15, 0.2) is 0 Å². The van der Waals surface area contributed by atoms with E-state index in [9.17, 15) is 0 Å². The van der Waals surface area contributed by atoms with E-state index in [1.807, 2.05) is 36.2 Å². The Hall–Kier alpha value is -2.26. The second-order valence-corrected chi connectivity index (χ2v) is 3.70. The summed E-state index contributed by atoms with van der Waals surface area (Å²) in [4.78, 5) is 2.01. The van der Waals surface area contributed by atoms with E-state index in [0.29, 0.717) is 13.0 Å². The van der Waals surface area contributed by atoms with E-state index in [0.717, 1.165) is 11.3 Å². The summed E-state index contributed by atoms with van der Waals surface area (Å²) in [6.45, 7) is 0.704. The number of rotatable bonds is 5. The lowest BCUT2D eigenvalue weighted by atomic mass is 10.2. The van der Waals surface area contributed by atoms with Crippen molar-refractivity contribution in [3.05, 3.63) is 29.8 Å². The highest BCUT2D eigenvalue weighted by Crippen LogP contribution is 2.13. The Kier molecular flexibility index (Phi) is 7.73. The molecule has 0 aliphatic heterocycles. The van der Waals surface area contributed by atoms with Crippen molar-refractivity contribution in [1.82, 2.24) is 5.43 Å². The van der Waals surface area contributed by atoms with Gasteiger partial charge >= 0.3 is 0 Å². The van der Waals surface area contributed by atoms with Gasteiger partial charge in [-0.15, -0.1) is 12.4 Å². The van der Waals surface area contributed by atoms with Crippen LogP contribution in [-0.2, 0) is 0 Å². The van der Waals surface area contributed by atoms with E-state index in [2.05, 4.69) is 16.6 Å². The van der Waals surface area contributed by atoms with Gasteiger partial charge in [0.2, 0.25) is 5.96 Å². The maximum Gasteiger partial charge on any atom is 0.206 e. The first-order valence-electron chi connectivity index (χ1n) is 5.44. The molecule has 0 aromatic heterocycles. The van der Waals surface area contributed by atoms with Gasteiger partial charge in [0.25, 0.3) is 0 Å². The van der Waals surface area contributed by atoms with E-state index in [4.69, 9.17) is 16.4 Å². The average molecular weight is 281 g/mol. The summed E-state index contributed by atoms with van der Waals surface area (Å²) in [5, 5.41) is 19.2. The number of halogens is 1. The van der Waals surface area contributed by atoms with Crippen molar-refractivity contribution in [3.8, 4) is 6.07 Å². The Balaban J connectivity index is 0.00000324. The van der Waals surface area contributed by atoms with Crippen molar-refractivity contribution in [3.63, 3.8) is 0 Å². The normalized spacial score (nSPS) is 9.47. The fourth-order valence-electron chi connectivity index (χ4n) is 1.34. The molecule has 0 atom stereocenters. The molecule has 0 spiro atoms. The predicted octanol–water partition coefficient (Wildman–Crippen LogP) is 1.28. The molecule has 1 rings (SSSR count). The number of hydrazone groups is 1. The van der Waals surface area contributed by atoms with Crippen LogP contribution in [0.5, 0.6) is 0 Å². The van der Waals surface area contributed by atoms with Crippen LogP contribution in [0.1, 0.15) is 12.0 Å². The Morgan fingerprint density at radius 2 is 2.16 bits per heavy atom. The highest BCUT2D eigenvalue weighted by molar-refractivity contribution is 5.85.